The molecule has 2 nitrogen and oxygen atoms in total. The van der Waals surface area contributed by atoms with Gasteiger partial charge in [-0.05, 0) is 117 Å². The van der Waals surface area contributed by atoms with Crippen LogP contribution in [0.25, 0.3) is 92.2 Å². The highest BCUT2D eigenvalue weighted by Crippen LogP contribution is 2.50. The predicted octanol–water partition coefficient (Wildman–Crippen LogP) is 17.9. The molecular weight excluding hydrogens is 817 g/mol. The van der Waals surface area contributed by atoms with Gasteiger partial charge in [-0.1, -0.05) is 178 Å². The van der Waals surface area contributed by atoms with Crippen LogP contribution in [0.4, 0.5) is 17.1 Å². The first-order chi connectivity index (χ1) is 32.5. The minimum absolute atomic E-state index is 0.0486. The summed E-state index contributed by atoms with van der Waals surface area (Å²) in [5, 5.41) is 5.11. The molecule has 10 aromatic carbocycles. The Kier molecular flexibility index (Phi) is 8.78. The van der Waals surface area contributed by atoms with Gasteiger partial charge < -0.3 is 9.47 Å². The summed E-state index contributed by atoms with van der Waals surface area (Å²) in [5.41, 5.74) is 19.6. The zero-order chi connectivity index (χ0) is 43.9. The third-order valence-electron chi connectivity index (χ3n) is 14.0. The van der Waals surface area contributed by atoms with Crippen molar-refractivity contribution in [2.24, 2.45) is 0 Å². The molecule has 0 unspecified atom stereocenters. The zero-order valence-corrected chi connectivity index (χ0v) is 37.6. The van der Waals surface area contributed by atoms with Crippen LogP contribution < -0.4 is 4.90 Å². The number of para-hydroxylation sites is 3. The molecule has 0 bridgehead atoms. The number of aromatic nitrogens is 1. The van der Waals surface area contributed by atoms with Crippen molar-refractivity contribution in [1.29, 1.82) is 0 Å². The van der Waals surface area contributed by atoms with Gasteiger partial charge in [-0.2, -0.15) is 0 Å². The van der Waals surface area contributed by atoms with Crippen molar-refractivity contribution in [3.8, 4) is 50.2 Å². The summed E-state index contributed by atoms with van der Waals surface area (Å²) in [7, 11) is 0. The normalized spacial score (nSPS) is 12.8. The van der Waals surface area contributed by atoms with Crippen molar-refractivity contribution in [3.63, 3.8) is 0 Å². The van der Waals surface area contributed by atoms with Crippen LogP contribution in [-0.4, -0.2) is 4.57 Å². The highest BCUT2D eigenvalue weighted by Gasteiger charge is 2.35. The lowest BCUT2D eigenvalue weighted by Gasteiger charge is -2.26. The van der Waals surface area contributed by atoms with E-state index in [9.17, 15) is 0 Å². The van der Waals surface area contributed by atoms with Gasteiger partial charge in [0, 0.05) is 48.6 Å². The fraction of sp³-hybridized carbons (Fsp3) is 0.0476. The Labute approximate surface area is 388 Å². The molecule has 2 aromatic heterocycles. The van der Waals surface area contributed by atoms with E-state index >= 15 is 0 Å². The number of benzene rings is 10. The van der Waals surface area contributed by atoms with E-state index in [-0.39, 0.29) is 5.41 Å². The second-order valence-corrected chi connectivity index (χ2v) is 19.1. The lowest BCUT2D eigenvalue weighted by molar-refractivity contribution is 0.660. The first-order valence-electron chi connectivity index (χ1n) is 22.8. The summed E-state index contributed by atoms with van der Waals surface area (Å²) in [6.45, 7) is 4.71. The number of fused-ring (bicyclic) bond motifs is 9. The Morgan fingerprint density at radius 1 is 0.379 bits per heavy atom. The Balaban J connectivity index is 0.887. The number of hydrogen-bond donors (Lipinski definition) is 0. The molecule has 0 atom stereocenters. The first kappa shape index (κ1) is 38.5. The molecule has 66 heavy (non-hydrogen) atoms. The lowest BCUT2D eigenvalue weighted by atomic mass is 9.81. The maximum absolute atomic E-state index is 2.44. The van der Waals surface area contributed by atoms with Crippen molar-refractivity contribution < 1.29 is 0 Å². The number of thiophene rings is 1. The molecule has 0 radical (unpaired) electrons. The first-order valence-corrected chi connectivity index (χ1v) is 23.6. The monoisotopic (exact) mass is 860 g/mol. The largest absolute Gasteiger partial charge is 0.309 e. The maximum atomic E-state index is 2.44. The molecule has 12 aromatic rings. The van der Waals surface area contributed by atoms with Crippen molar-refractivity contribution in [1.82, 2.24) is 4.57 Å². The van der Waals surface area contributed by atoms with Crippen LogP contribution >= 0.6 is 11.3 Å². The molecule has 3 heteroatoms. The molecule has 0 saturated heterocycles. The van der Waals surface area contributed by atoms with Crippen LogP contribution in [0.15, 0.2) is 231 Å². The maximum Gasteiger partial charge on any atom is 0.0640 e. The van der Waals surface area contributed by atoms with Gasteiger partial charge in [-0.15, -0.1) is 11.3 Å². The zero-order valence-electron chi connectivity index (χ0n) is 36.7. The van der Waals surface area contributed by atoms with E-state index in [2.05, 4.69) is 254 Å². The van der Waals surface area contributed by atoms with Gasteiger partial charge >= 0.3 is 0 Å². The molecule has 0 N–H and O–H groups in total. The lowest BCUT2D eigenvalue weighted by Crippen LogP contribution is -2.14. The second kappa shape index (κ2) is 15.1. The summed E-state index contributed by atoms with van der Waals surface area (Å²) >= 11 is 1.87. The molecule has 0 saturated carbocycles. The van der Waals surface area contributed by atoms with Crippen LogP contribution in [0, 0.1) is 0 Å². The third kappa shape index (κ3) is 6.01. The van der Waals surface area contributed by atoms with Crippen LogP contribution in [0.3, 0.4) is 0 Å². The van der Waals surface area contributed by atoms with Crippen molar-refractivity contribution in [2.45, 2.75) is 19.3 Å². The molecule has 0 fully saturated rings. The quantitative estimate of drug-likeness (QED) is 0.155. The molecular formula is C63H44N2S. The van der Waals surface area contributed by atoms with Crippen molar-refractivity contribution in [3.05, 3.63) is 242 Å². The minimum atomic E-state index is -0.0486. The summed E-state index contributed by atoms with van der Waals surface area (Å²) < 4.78 is 5.00. The van der Waals surface area contributed by atoms with Crippen LogP contribution in [0.5, 0.6) is 0 Å². The van der Waals surface area contributed by atoms with E-state index in [1.807, 2.05) is 11.3 Å². The van der Waals surface area contributed by atoms with Gasteiger partial charge in [0.2, 0.25) is 0 Å². The summed E-state index contributed by atoms with van der Waals surface area (Å²) in [6, 6.07) is 85.0. The Morgan fingerprint density at radius 2 is 0.909 bits per heavy atom. The van der Waals surface area contributed by atoms with E-state index < -0.39 is 0 Å². The average molecular weight is 861 g/mol. The molecule has 1 aliphatic carbocycles. The van der Waals surface area contributed by atoms with Crippen molar-refractivity contribution in [2.75, 3.05) is 4.90 Å². The highest BCUT2D eigenvalue weighted by molar-refractivity contribution is 7.26. The van der Waals surface area contributed by atoms with E-state index in [1.54, 1.807) is 0 Å². The van der Waals surface area contributed by atoms with Gasteiger partial charge in [0.25, 0.3) is 0 Å². The van der Waals surface area contributed by atoms with Gasteiger partial charge in [-0.25, -0.2) is 0 Å². The molecule has 0 aliphatic heterocycles. The Bertz CT molecular complexity index is 3790. The molecule has 1 aliphatic rings. The minimum Gasteiger partial charge on any atom is -0.309 e. The number of anilines is 3. The Morgan fingerprint density at radius 3 is 1.64 bits per heavy atom. The van der Waals surface area contributed by atoms with Crippen LogP contribution in [-0.2, 0) is 5.41 Å². The van der Waals surface area contributed by atoms with Gasteiger partial charge in [0.15, 0.2) is 0 Å². The van der Waals surface area contributed by atoms with Crippen molar-refractivity contribution >= 4 is 70.4 Å². The van der Waals surface area contributed by atoms with E-state index in [0.29, 0.717) is 0 Å². The van der Waals surface area contributed by atoms with Crippen LogP contribution in [0.1, 0.15) is 25.0 Å². The Hall–Kier alpha value is -7.98. The number of nitrogens with zero attached hydrogens (tertiary/aromatic N) is 2. The van der Waals surface area contributed by atoms with E-state index in [4.69, 9.17) is 0 Å². The van der Waals surface area contributed by atoms with E-state index in [0.717, 1.165) is 11.4 Å². The SMILES string of the molecule is CC1(C)c2ccccc2-c2ccc(-c3ccc(N(c4ccc(-c5cccc(-c6ccccc6-n6c7ccccc7c7ccccc76)c5)cc4)c4cccc5c4sc4ccccc45)cc3)cc21. The molecule has 2 heterocycles. The summed E-state index contributed by atoms with van der Waals surface area (Å²) in [6.07, 6.45) is 0. The van der Waals surface area contributed by atoms with Gasteiger partial charge in [0.1, 0.15) is 0 Å². The van der Waals surface area contributed by atoms with Crippen LogP contribution in [0.2, 0.25) is 0 Å². The predicted molar refractivity (Wildman–Crippen MR) is 282 cm³/mol. The number of hydrogen-bond acceptors (Lipinski definition) is 2. The fourth-order valence-electron chi connectivity index (χ4n) is 10.8. The molecule has 312 valence electrons. The molecule has 13 rings (SSSR count). The smallest absolute Gasteiger partial charge is 0.0640 e. The summed E-state index contributed by atoms with van der Waals surface area (Å²) in [4.78, 5) is 2.44. The van der Waals surface area contributed by atoms with Gasteiger partial charge in [0.05, 0.1) is 27.1 Å². The fourth-order valence-corrected chi connectivity index (χ4v) is 12.0. The highest BCUT2D eigenvalue weighted by atomic mass is 32.1. The van der Waals surface area contributed by atoms with E-state index in [1.165, 1.54) is 109 Å². The standard InChI is InChI=1S/C63H44N2S/c1-63(2)55-23-8-3-18-49(55)50-38-33-44(40-56(50)63)42-31-36-47(37-32-42)64(60-27-14-22-54-53-21-7-12-28-61(53)66-62(54)60)46-34-29-41(30-35-46)43-15-13-16-45(39-43)48-17-4-9-24-57(48)65-58-25-10-5-19-51(58)52-20-6-11-26-59(52)65/h3-40H,1-2H3. The van der Waals surface area contributed by atoms with Gasteiger partial charge in [-0.3, -0.25) is 0 Å². The molecule has 0 spiro atoms. The summed E-state index contributed by atoms with van der Waals surface area (Å²) in [5.74, 6) is 0. The molecule has 0 amide bonds. The number of rotatable bonds is 7. The second-order valence-electron chi connectivity index (χ2n) is 18.1. The average Bonchev–Trinajstić information content (AvgIpc) is 4.00. The third-order valence-corrected chi connectivity index (χ3v) is 15.2. The topological polar surface area (TPSA) is 8.17 Å².